The minimum Gasteiger partial charge on any atom is -0.490 e. The number of hydrogen-bond acceptors (Lipinski definition) is 6. The predicted octanol–water partition coefficient (Wildman–Crippen LogP) is 5.05. The molecule has 0 N–H and O–H groups in total. The highest BCUT2D eigenvalue weighted by Crippen LogP contribution is 2.34. The summed E-state index contributed by atoms with van der Waals surface area (Å²) in [6, 6.07) is 26.0. The van der Waals surface area contributed by atoms with Crippen molar-refractivity contribution in [2.75, 3.05) is 0 Å². The fourth-order valence-electron chi connectivity index (χ4n) is 4.80. The Bertz CT molecular complexity index is 1960. The molecule has 3 aromatic carbocycles. The number of para-hydroxylation sites is 1. The molecule has 0 amide bonds. The largest absolute Gasteiger partial charge is 0.490 e. The van der Waals surface area contributed by atoms with E-state index in [1.165, 1.54) is 21.4 Å². The molecule has 0 fully saturated rings. The van der Waals surface area contributed by atoms with E-state index in [1.54, 1.807) is 0 Å². The third kappa shape index (κ3) is 4.45. The van der Waals surface area contributed by atoms with Gasteiger partial charge in [-0.3, -0.25) is 4.79 Å². The first kappa shape index (κ1) is 23.3. The van der Waals surface area contributed by atoms with E-state index in [1.807, 2.05) is 102 Å². The Labute approximate surface area is 228 Å². The molecule has 1 aliphatic heterocycles. The first-order valence-electron chi connectivity index (χ1n) is 12.7. The summed E-state index contributed by atoms with van der Waals surface area (Å²) in [7, 11) is 0. The molecule has 0 saturated heterocycles. The third-order valence-electron chi connectivity index (χ3n) is 6.64. The van der Waals surface area contributed by atoms with E-state index in [0.29, 0.717) is 15.3 Å². The lowest BCUT2D eigenvalue weighted by Gasteiger charge is -2.04. The first-order chi connectivity index (χ1) is 19.1. The van der Waals surface area contributed by atoms with Crippen molar-refractivity contribution in [2.45, 2.75) is 19.4 Å². The van der Waals surface area contributed by atoms with E-state index in [-0.39, 0.29) is 11.7 Å². The van der Waals surface area contributed by atoms with Crippen LogP contribution in [-0.4, -0.2) is 30.5 Å². The van der Waals surface area contributed by atoms with E-state index in [9.17, 15) is 4.79 Å². The summed E-state index contributed by atoms with van der Waals surface area (Å²) >= 11 is 1.32. The van der Waals surface area contributed by atoms with Gasteiger partial charge in [-0.15, -0.1) is 5.10 Å². The molecule has 0 bridgehead atoms. The molecule has 0 radical (unpaired) electrons. The number of rotatable bonds is 5. The fraction of sp³-hybridized carbons (Fsp3) is 0.0968. The monoisotopic (exact) mass is 529 g/mol. The highest BCUT2D eigenvalue weighted by molar-refractivity contribution is 7.15. The molecular weight excluding hydrogens is 506 g/mol. The van der Waals surface area contributed by atoms with Gasteiger partial charge in [0.1, 0.15) is 17.5 Å². The summed E-state index contributed by atoms with van der Waals surface area (Å²) in [6.45, 7) is 2.07. The second kappa shape index (κ2) is 9.49. The van der Waals surface area contributed by atoms with Crippen LogP contribution in [0.25, 0.3) is 40.1 Å². The maximum absolute atomic E-state index is 13.3. The summed E-state index contributed by atoms with van der Waals surface area (Å²) in [5, 5.41) is 9.36. The van der Waals surface area contributed by atoms with Crippen molar-refractivity contribution in [1.82, 2.24) is 24.4 Å². The summed E-state index contributed by atoms with van der Waals surface area (Å²) < 4.78 is 9.67. The van der Waals surface area contributed by atoms with Gasteiger partial charge in [0.05, 0.1) is 10.2 Å². The summed E-state index contributed by atoms with van der Waals surface area (Å²) in [5.41, 5.74) is 5.57. The zero-order chi connectivity index (χ0) is 26.3. The van der Waals surface area contributed by atoms with Crippen molar-refractivity contribution in [2.24, 2.45) is 0 Å². The van der Waals surface area contributed by atoms with Crippen LogP contribution in [0.2, 0.25) is 0 Å². The topological polar surface area (TPSA) is 74.3 Å². The Balaban J connectivity index is 1.31. The van der Waals surface area contributed by atoms with Crippen LogP contribution in [0.1, 0.15) is 29.4 Å². The Hall–Kier alpha value is -4.82. The molecule has 8 heteroatoms. The van der Waals surface area contributed by atoms with Crippen LogP contribution in [0, 0.1) is 0 Å². The zero-order valence-corrected chi connectivity index (χ0v) is 21.9. The Kier molecular flexibility index (Phi) is 5.67. The average molecular weight is 530 g/mol. The number of benzene rings is 3. The lowest BCUT2D eigenvalue weighted by Crippen LogP contribution is -2.23. The van der Waals surface area contributed by atoms with E-state index in [0.717, 1.165) is 40.2 Å². The SMILES string of the molecule is CC1Cc2cc(-c3nn(-c4ccccc4)cc3C=c3sc4nc(C=Cc5ccccc5)nn4c3=O)ccc2O1. The van der Waals surface area contributed by atoms with Crippen LogP contribution in [0.4, 0.5) is 0 Å². The number of thiazole rings is 1. The van der Waals surface area contributed by atoms with Crippen LogP contribution in [0.3, 0.4) is 0 Å². The van der Waals surface area contributed by atoms with Crippen molar-refractivity contribution in [3.63, 3.8) is 0 Å². The molecule has 1 aliphatic rings. The molecule has 4 heterocycles. The van der Waals surface area contributed by atoms with Gasteiger partial charge >= 0.3 is 0 Å². The Morgan fingerprint density at radius 3 is 2.56 bits per heavy atom. The number of hydrogen-bond donors (Lipinski definition) is 0. The number of ether oxygens (including phenoxy) is 1. The number of aromatic nitrogens is 5. The van der Waals surface area contributed by atoms with Crippen molar-refractivity contribution in [3.8, 4) is 22.7 Å². The smallest absolute Gasteiger partial charge is 0.291 e. The highest BCUT2D eigenvalue weighted by atomic mass is 32.1. The second-order valence-corrected chi connectivity index (χ2v) is 10.5. The summed E-state index contributed by atoms with van der Waals surface area (Å²) in [4.78, 5) is 18.4. The molecule has 7 nitrogen and oxygen atoms in total. The highest BCUT2D eigenvalue weighted by Gasteiger charge is 2.21. The van der Waals surface area contributed by atoms with Crippen LogP contribution < -0.4 is 14.8 Å². The van der Waals surface area contributed by atoms with Crippen LogP contribution >= 0.6 is 11.3 Å². The number of fused-ring (bicyclic) bond motifs is 2. The second-order valence-electron chi connectivity index (χ2n) is 9.49. The van der Waals surface area contributed by atoms with Gasteiger partial charge in [0.25, 0.3) is 5.56 Å². The summed E-state index contributed by atoms with van der Waals surface area (Å²) in [6.07, 6.45) is 8.62. The van der Waals surface area contributed by atoms with Gasteiger partial charge in [0.15, 0.2) is 5.82 Å². The molecule has 0 aliphatic carbocycles. The van der Waals surface area contributed by atoms with Gasteiger partial charge in [0.2, 0.25) is 4.96 Å². The Morgan fingerprint density at radius 1 is 0.974 bits per heavy atom. The van der Waals surface area contributed by atoms with Gasteiger partial charge in [-0.25, -0.2) is 4.68 Å². The van der Waals surface area contributed by atoms with E-state index in [4.69, 9.17) is 9.84 Å². The van der Waals surface area contributed by atoms with Gasteiger partial charge in [-0.1, -0.05) is 65.9 Å². The molecule has 3 aromatic heterocycles. The minimum absolute atomic E-state index is 0.161. The van der Waals surface area contributed by atoms with Crippen LogP contribution in [-0.2, 0) is 6.42 Å². The quantitative estimate of drug-likeness (QED) is 0.313. The first-order valence-corrected chi connectivity index (χ1v) is 13.5. The van der Waals surface area contributed by atoms with E-state index in [2.05, 4.69) is 23.1 Å². The average Bonchev–Trinajstić information content (AvgIpc) is 3.72. The van der Waals surface area contributed by atoms with Crippen molar-refractivity contribution in [1.29, 1.82) is 0 Å². The van der Waals surface area contributed by atoms with Gasteiger partial charge < -0.3 is 4.74 Å². The Morgan fingerprint density at radius 2 is 1.77 bits per heavy atom. The lowest BCUT2D eigenvalue weighted by atomic mass is 10.0. The third-order valence-corrected chi connectivity index (χ3v) is 7.60. The maximum Gasteiger partial charge on any atom is 0.291 e. The normalized spacial score (nSPS) is 15.3. The molecule has 7 rings (SSSR count). The van der Waals surface area contributed by atoms with E-state index < -0.39 is 0 Å². The van der Waals surface area contributed by atoms with Gasteiger partial charge in [0, 0.05) is 23.7 Å². The molecule has 1 atom stereocenters. The van der Waals surface area contributed by atoms with Crippen LogP contribution in [0.15, 0.2) is 89.9 Å². The van der Waals surface area contributed by atoms with Gasteiger partial charge in [-0.2, -0.15) is 14.6 Å². The van der Waals surface area contributed by atoms with Gasteiger partial charge in [-0.05, 0) is 60.5 Å². The molecule has 0 spiro atoms. The molecule has 39 heavy (non-hydrogen) atoms. The fourth-order valence-corrected chi connectivity index (χ4v) is 5.70. The van der Waals surface area contributed by atoms with E-state index >= 15 is 0 Å². The number of nitrogens with zero attached hydrogens (tertiary/aromatic N) is 5. The molecule has 1 unspecified atom stereocenters. The van der Waals surface area contributed by atoms with Crippen LogP contribution in [0.5, 0.6) is 5.75 Å². The van der Waals surface area contributed by atoms with Crippen molar-refractivity contribution in [3.05, 3.63) is 122 Å². The molecular formula is C31H23N5O2S. The van der Waals surface area contributed by atoms with Crippen molar-refractivity contribution >= 4 is 34.5 Å². The standard InChI is InChI=1S/C31H23N5O2S/c1-20-16-23-17-22(13-14-26(23)38-20)29-24(19-35(34-29)25-10-6-3-7-11-25)18-27-30(37)36-31(39-27)32-28(33-36)15-12-21-8-4-2-5-9-21/h2-15,17-20H,16H2,1H3. The maximum atomic E-state index is 13.3. The summed E-state index contributed by atoms with van der Waals surface area (Å²) in [5.74, 6) is 1.42. The zero-order valence-electron chi connectivity index (χ0n) is 21.1. The molecule has 6 aromatic rings. The van der Waals surface area contributed by atoms with Crippen molar-refractivity contribution < 1.29 is 4.74 Å². The molecule has 0 saturated carbocycles. The minimum atomic E-state index is -0.198. The lowest BCUT2D eigenvalue weighted by molar-refractivity contribution is 0.254. The molecule has 190 valence electrons. The predicted molar refractivity (Wildman–Crippen MR) is 154 cm³/mol.